The summed E-state index contributed by atoms with van der Waals surface area (Å²) in [5.41, 5.74) is -5.04. The van der Waals surface area contributed by atoms with Gasteiger partial charge in [-0.1, -0.05) is 18.2 Å². The van der Waals surface area contributed by atoms with Crippen molar-refractivity contribution in [2.24, 2.45) is 4.36 Å². The van der Waals surface area contributed by atoms with Crippen LogP contribution in [0.5, 0.6) is 0 Å². The van der Waals surface area contributed by atoms with E-state index < -0.39 is 46.1 Å². The number of nitrogens with zero attached hydrogens (tertiary/aromatic N) is 1. The molecule has 0 aliphatic carbocycles. The van der Waals surface area contributed by atoms with Crippen LogP contribution in [-0.4, -0.2) is 42.2 Å². The Hall–Kier alpha value is -1.84. The number of halogens is 4. The number of alkyl carbamates (subject to hydrolysis) is 1. The Balaban J connectivity index is 2.79. The van der Waals surface area contributed by atoms with Crippen LogP contribution in [0.15, 0.2) is 39.6 Å². The molecule has 1 unspecified atom stereocenters. The van der Waals surface area contributed by atoms with E-state index in [2.05, 4.69) is 14.4 Å². The third kappa shape index (κ3) is 4.86. The number of hydrogen-bond acceptors (Lipinski definition) is 4. The summed E-state index contributed by atoms with van der Waals surface area (Å²) in [4.78, 5) is 10.5. The van der Waals surface area contributed by atoms with Crippen molar-refractivity contribution in [1.29, 1.82) is 0 Å². The highest BCUT2D eigenvalue weighted by atomic mass is 32.2. The lowest BCUT2D eigenvalue weighted by molar-refractivity contribution is -0.0403. The van der Waals surface area contributed by atoms with Crippen LogP contribution in [0.4, 0.5) is 22.4 Å². The van der Waals surface area contributed by atoms with E-state index in [1.54, 1.807) is 0 Å². The molecule has 1 amide bonds. The molecule has 0 spiro atoms. The number of alkyl halides is 4. The Bertz CT molecular complexity index is 598. The van der Waals surface area contributed by atoms with Crippen LogP contribution in [0.2, 0.25) is 0 Å². The summed E-state index contributed by atoms with van der Waals surface area (Å²) in [6, 6.07) is 6.28. The molecule has 0 saturated heterocycles. The van der Waals surface area contributed by atoms with E-state index in [0.29, 0.717) is 0 Å². The fourth-order valence-electron chi connectivity index (χ4n) is 1.40. The first kappa shape index (κ1) is 18.2. The van der Waals surface area contributed by atoms with Crippen molar-refractivity contribution in [3.8, 4) is 0 Å². The van der Waals surface area contributed by atoms with Crippen LogP contribution in [-0.2, 0) is 14.5 Å². The second kappa shape index (κ2) is 7.97. The van der Waals surface area contributed by atoms with Gasteiger partial charge in [-0.15, -0.1) is 0 Å². The average Bonchev–Trinajstić information content (AvgIpc) is 2.49. The van der Waals surface area contributed by atoms with E-state index in [9.17, 15) is 26.6 Å². The molecule has 0 aromatic heterocycles. The number of hydrogen-bond donors (Lipinski definition) is 1. The lowest BCUT2D eigenvalue weighted by Crippen LogP contribution is -2.29. The lowest BCUT2D eigenvalue weighted by atomic mass is 10.4. The molecule has 0 radical (unpaired) electrons. The molecule has 1 aromatic carbocycles. The number of ether oxygens (including phenoxy) is 1. The monoisotopic (exact) mass is 342 g/mol. The number of amides is 1. The highest BCUT2D eigenvalue weighted by Crippen LogP contribution is 2.32. The fourth-order valence-corrected chi connectivity index (χ4v) is 2.84. The number of nitrogens with one attached hydrogen (secondary N) is 1. The quantitative estimate of drug-likeness (QED) is 0.638. The summed E-state index contributed by atoms with van der Waals surface area (Å²) in [5.74, 6) is 0. The second-order valence-corrected chi connectivity index (χ2v) is 6.13. The Morgan fingerprint density at radius 3 is 2.45 bits per heavy atom. The van der Waals surface area contributed by atoms with Gasteiger partial charge in [0.1, 0.15) is 13.3 Å². The molecule has 5 nitrogen and oxygen atoms in total. The molecule has 0 bridgehead atoms. The fraction of sp³-hybridized carbons (Fsp3) is 0.417. The molecule has 1 rings (SSSR count). The van der Waals surface area contributed by atoms with Gasteiger partial charge < -0.3 is 10.1 Å². The minimum atomic E-state index is -5.04. The minimum absolute atomic E-state index is 0.314. The average molecular weight is 342 g/mol. The Kier molecular flexibility index (Phi) is 6.60. The summed E-state index contributed by atoms with van der Waals surface area (Å²) in [6.45, 7) is -2.16. The van der Waals surface area contributed by atoms with Crippen LogP contribution in [0, 0.1) is 0 Å². The van der Waals surface area contributed by atoms with Gasteiger partial charge in [-0.25, -0.2) is 17.8 Å². The van der Waals surface area contributed by atoms with Gasteiger partial charge in [0.2, 0.25) is 0 Å². The van der Waals surface area contributed by atoms with Crippen LogP contribution in [0.25, 0.3) is 0 Å². The Morgan fingerprint density at radius 1 is 1.27 bits per heavy atom. The lowest BCUT2D eigenvalue weighted by Gasteiger charge is -2.14. The highest BCUT2D eigenvalue weighted by molar-refractivity contribution is 7.94. The molecule has 0 aliphatic rings. The maximum absolute atomic E-state index is 13.0. The van der Waals surface area contributed by atoms with Crippen LogP contribution < -0.4 is 5.32 Å². The first-order valence-electron chi connectivity index (χ1n) is 6.12. The Labute approximate surface area is 124 Å². The van der Waals surface area contributed by atoms with Gasteiger partial charge >= 0.3 is 11.6 Å². The van der Waals surface area contributed by atoms with Gasteiger partial charge in [0.15, 0.2) is 9.73 Å². The Morgan fingerprint density at radius 2 is 1.91 bits per heavy atom. The van der Waals surface area contributed by atoms with E-state index in [0.717, 1.165) is 12.1 Å². The van der Waals surface area contributed by atoms with E-state index in [1.165, 1.54) is 18.2 Å². The maximum atomic E-state index is 13.0. The van der Waals surface area contributed by atoms with Crippen molar-refractivity contribution in [3.05, 3.63) is 30.3 Å². The van der Waals surface area contributed by atoms with E-state index >= 15 is 0 Å². The minimum Gasteiger partial charge on any atom is -0.447 e. The molecule has 1 N–H and O–H groups in total. The van der Waals surface area contributed by atoms with Crippen LogP contribution in [0.3, 0.4) is 0 Å². The zero-order valence-electron chi connectivity index (χ0n) is 11.3. The van der Waals surface area contributed by atoms with Crippen molar-refractivity contribution < 1.29 is 31.3 Å². The second-order valence-electron chi connectivity index (χ2n) is 3.89. The first-order chi connectivity index (χ1) is 10.3. The molecule has 1 aromatic rings. The van der Waals surface area contributed by atoms with Crippen LogP contribution >= 0.6 is 0 Å². The molecule has 10 heteroatoms. The van der Waals surface area contributed by atoms with Crippen molar-refractivity contribution in [2.45, 2.75) is 10.4 Å². The van der Waals surface area contributed by atoms with Crippen molar-refractivity contribution in [2.75, 3.05) is 26.4 Å². The van der Waals surface area contributed by atoms with E-state index in [4.69, 9.17) is 0 Å². The molecule has 0 aliphatic heterocycles. The highest BCUT2D eigenvalue weighted by Gasteiger charge is 2.44. The van der Waals surface area contributed by atoms with E-state index in [-0.39, 0.29) is 6.54 Å². The molecular formula is C12H14F4N2O3S. The predicted octanol–water partition coefficient (Wildman–Crippen LogP) is 2.73. The molecule has 1 atom stereocenters. The van der Waals surface area contributed by atoms with Gasteiger partial charge in [-0.05, 0) is 12.1 Å². The summed E-state index contributed by atoms with van der Waals surface area (Å²) in [7, 11) is -4.63. The molecule has 0 fully saturated rings. The summed E-state index contributed by atoms with van der Waals surface area (Å²) >= 11 is 0. The van der Waals surface area contributed by atoms with Gasteiger partial charge in [-0.3, -0.25) is 0 Å². The number of benzene rings is 1. The number of carbonyl (C=O) groups is 1. The standard InChI is InChI=1S/C12H14F4N2O3S/c13-6-9-21-11(19)17-7-8-18-22(20,12(14,15)16)10-4-2-1-3-5-10/h1-5H,6-9H2,(H,17,19). The third-order valence-electron chi connectivity index (χ3n) is 2.34. The zero-order valence-corrected chi connectivity index (χ0v) is 12.1. The summed E-state index contributed by atoms with van der Waals surface area (Å²) < 4.78 is 70.5. The van der Waals surface area contributed by atoms with Crippen molar-refractivity contribution in [1.82, 2.24) is 5.32 Å². The van der Waals surface area contributed by atoms with Crippen LogP contribution in [0.1, 0.15) is 0 Å². The smallest absolute Gasteiger partial charge is 0.447 e. The largest absolute Gasteiger partial charge is 0.483 e. The molecule has 0 saturated carbocycles. The van der Waals surface area contributed by atoms with Gasteiger partial charge in [-0.2, -0.15) is 13.2 Å². The third-order valence-corrected chi connectivity index (χ3v) is 4.43. The first-order valence-corrected chi connectivity index (χ1v) is 7.63. The molecule has 22 heavy (non-hydrogen) atoms. The normalized spacial score (nSPS) is 14.0. The maximum Gasteiger partial charge on any atom is 0.483 e. The van der Waals surface area contributed by atoms with Gasteiger partial charge in [0.05, 0.1) is 11.4 Å². The number of rotatable bonds is 6. The van der Waals surface area contributed by atoms with E-state index in [1.807, 2.05) is 0 Å². The SMILES string of the molecule is O=C(NCCN=S(=O)(c1ccccc1)C(F)(F)F)OCCF. The summed E-state index contributed by atoms with van der Waals surface area (Å²) in [6.07, 6.45) is -0.980. The van der Waals surface area contributed by atoms with Crippen molar-refractivity contribution >= 4 is 15.8 Å². The molecule has 0 heterocycles. The predicted molar refractivity (Wildman–Crippen MR) is 71.5 cm³/mol. The van der Waals surface area contributed by atoms with Crippen molar-refractivity contribution in [3.63, 3.8) is 0 Å². The topological polar surface area (TPSA) is 67.8 Å². The zero-order chi connectivity index (χ0) is 16.6. The van der Waals surface area contributed by atoms with Gasteiger partial charge in [0.25, 0.3) is 0 Å². The summed E-state index contributed by atoms with van der Waals surface area (Å²) in [5, 5.41) is 2.08. The molecular weight excluding hydrogens is 328 g/mol. The number of carbonyl (C=O) groups excluding carboxylic acids is 1. The molecule has 124 valence electrons. The van der Waals surface area contributed by atoms with Gasteiger partial charge in [0, 0.05) is 6.54 Å².